The number of hydrogen-bond acceptors (Lipinski definition) is 2. The van der Waals surface area contributed by atoms with Crippen LogP contribution in [0.1, 0.15) is 73.5 Å². The molecule has 0 amide bonds. The molecule has 0 aromatic heterocycles. The molecule has 4 aliphatic rings. The number of fused-ring (bicyclic) bond motifs is 5. The lowest BCUT2D eigenvalue weighted by atomic mass is 9.47. The van der Waals surface area contributed by atoms with Crippen molar-refractivity contribution < 1.29 is 11.3 Å². The fourth-order valence-electron chi connectivity index (χ4n) is 7.03. The van der Waals surface area contributed by atoms with Crippen LogP contribution in [0.25, 0.3) is 0 Å². The van der Waals surface area contributed by atoms with Gasteiger partial charge in [0.15, 0.2) is 0 Å². The second-order valence-corrected chi connectivity index (χ2v) is 9.19. The van der Waals surface area contributed by atoms with E-state index in [4.69, 9.17) is 1.37 Å². The lowest BCUT2D eigenvalue weighted by molar-refractivity contribution is -0.127. The number of allylic oxidation sites excluding steroid dienone is 1. The third-order valence-electron chi connectivity index (χ3n) is 8.29. The van der Waals surface area contributed by atoms with Crippen molar-refractivity contribution in [1.29, 1.82) is 0 Å². The van der Waals surface area contributed by atoms with E-state index < -0.39 is 5.89 Å². The van der Waals surface area contributed by atoms with E-state index in [2.05, 4.69) is 19.9 Å². The molecule has 23 heavy (non-hydrogen) atoms. The molecule has 0 radical (unpaired) electrons. The Morgan fingerprint density at radius 1 is 1.22 bits per heavy atom. The maximum absolute atomic E-state index is 12.3. The molecule has 0 aromatic carbocycles. The number of Topliss-reactive ketones (excluding diaryl/α,β-unsaturated/α-hetero) is 1. The number of carbonyl (C=O) groups is 1. The van der Waals surface area contributed by atoms with E-state index >= 15 is 0 Å². The number of carbonyl (C=O) groups excluding carboxylic acids is 1. The highest BCUT2D eigenvalue weighted by Crippen LogP contribution is 2.66. The van der Waals surface area contributed by atoms with E-state index in [1.54, 1.807) is 6.92 Å². The minimum atomic E-state index is -0.865. The molecule has 0 saturated heterocycles. The average Bonchev–Trinajstić information content (AvgIpc) is 2.81. The van der Waals surface area contributed by atoms with Gasteiger partial charge >= 0.3 is 0 Å². The maximum Gasteiger partial charge on any atom is 0.133 e. The molecular weight excluding hydrogens is 284 g/mol. The molecule has 7 atom stereocenters. The smallest absolute Gasteiger partial charge is 0.133 e. The summed E-state index contributed by atoms with van der Waals surface area (Å²) in [7, 11) is 0. The molecule has 3 unspecified atom stereocenters. The van der Waals surface area contributed by atoms with Crippen molar-refractivity contribution in [3.05, 3.63) is 11.6 Å². The van der Waals surface area contributed by atoms with Crippen molar-refractivity contribution >= 4 is 5.78 Å². The molecule has 1 N–H and O–H groups in total. The molecule has 3 fully saturated rings. The van der Waals surface area contributed by atoms with Crippen molar-refractivity contribution in [2.75, 3.05) is 0 Å². The molecule has 0 aliphatic heterocycles. The van der Waals surface area contributed by atoms with Crippen LogP contribution in [-0.4, -0.2) is 17.0 Å². The summed E-state index contributed by atoms with van der Waals surface area (Å²) >= 11 is 0. The third kappa shape index (κ3) is 2.13. The Balaban J connectivity index is 1.69. The monoisotopic (exact) mass is 317 g/mol. The number of aliphatic hydroxyl groups excluding tert-OH is 1. The number of rotatable bonds is 1. The normalized spacial score (nSPS) is 56.0. The van der Waals surface area contributed by atoms with Crippen molar-refractivity contribution in [1.82, 2.24) is 0 Å². The lowest BCUT2D eigenvalue weighted by Gasteiger charge is -2.57. The maximum atomic E-state index is 12.3. The summed E-state index contributed by atoms with van der Waals surface area (Å²) < 4.78 is 8.92. The number of ketones is 1. The predicted octanol–water partition coefficient (Wildman–Crippen LogP) is 4.52. The van der Waals surface area contributed by atoms with Gasteiger partial charge in [0.2, 0.25) is 0 Å². The molecule has 0 bridgehead atoms. The molecule has 3 saturated carbocycles. The van der Waals surface area contributed by atoms with Crippen molar-refractivity contribution in [2.45, 2.75) is 78.2 Å². The standard InChI is InChI=1S/C21H32O2/c1-13(22)17-6-7-18-16-5-4-14-12-15(23)8-10-20(14,2)19(16)9-11-21(17,18)3/h4,15-19,23H,5-12H2,1-3H3/t15-,16?,17+,18?,19?,20-,21+/m0/s1/i17D. The summed E-state index contributed by atoms with van der Waals surface area (Å²) in [6.45, 7) is 6.30. The van der Waals surface area contributed by atoms with Gasteiger partial charge in [0, 0.05) is 7.26 Å². The van der Waals surface area contributed by atoms with E-state index in [0.717, 1.165) is 51.4 Å². The SMILES string of the molecule is [2H][C@]1(C(C)=O)CCC2C3CC=C4C[C@@H](O)CC[C@]4(C)C3CC[C@@]21C. The summed E-state index contributed by atoms with van der Waals surface area (Å²) in [6.07, 6.45) is 10.2. The van der Waals surface area contributed by atoms with Crippen LogP contribution in [0.15, 0.2) is 11.6 Å². The van der Waals surface area contributed by atoms with Crippen LogP contribution in [0, 0.1) is 34.5 Å². The highest BCUT2D eigenvalue weighted by atomic mass is 16.3. The zero-order chi connectivity index (χ0) is 17.3. The predicted molar refractivity (Wildman–Crippen MR) is 91.9 cm³/mol. The van der Waals surface area contributed by atoms with Crippen molar-refractivity contribution in [2.24, 2.45) is 34.5 Å². The lowest BCUT2D eigenvalue weighted by Crippen LogP contribution is -2.50. The zero-order valence-electron chi connectivity index (χ0n) is 15.9. The molecular formula is C21H32O2. The quantitative estimate of drug-likeness (QED) is 0.722. The molecule has 2 heteroatoms. The highest BCUT2D eigenvalue weighted by molar-refractivity contribution is 5.79. The van der Waals surface area contributed by atoms with Crippen molar-refractivity contribution in [3.63, 3.8) is 0 Å². The van der Waals surface area contributed by atoms with Gasteiger partial charge in [0.05, 0.1) is 6.10 Å². The fourth-order valence-corrected chi connectivity index (χ4v) is 7.03. The number of hydrogen-bond donors (Lipinski definition) is 1. The zero-order valence-corrected chi connectivity index (χ0v) is 14.9. The first-order valence-corrected chi connectivity index (χ1v) is 9.61. The van der Waals surface area contributed by atoms with Gasteiger partial charge < -0.3 is 5.11 Å². The molecule has 0 spiro atoms. The molecule has 2 nitrogen and oxygen atoms in total. The Labute approximate surface area is 142 Å². The van der Waals surface area contributed by atoms with Crippen LogP contribution >= 0.6 is 0 Å². The summed E-state index contributed by atoms with van der Waals surface area (Å²) in [5.74, 6) is 1.02. The van der Waals surface area contributed by atoms with Gasteiger partial charge in [0.25, 0.3) is 0 Å². The Kier molecular flexibility index (Phi) is 3.31. The first-order chi connectivity index (χ1) is 11.2. The molecule has 128 valence electrons. The fraction of sp³-hybridized carbons (Fsp3) is 0.857. The summed E-state index contributed by atoms with van der Waals surface area (Å²) in [4.78, 5) is 12.3. The molecule has 4 aliphatic carbocycles. The second-order valence-electron chi connectivity index (χ2n) is 9.19. The van der Waals surface area contributed by atoms with Gasteiger partial charge in [-0.3, -0.25) is 4.79 Å². The Hall–Kier alpha value is -0.630. The van der Waals surface area contributed by atoms with Crippen LogP contribution in [0.3, 0.4) is 0 Å². The molecule has 0 aromatic rings. The minimum absolute atomic E-state index is 0.0741. The number of aliphatic hydroxyl groups is 1. The van der Waals surface area contributed by atoms with Gasteiger partial charge in [-0.05, 0) is 86.9 Å². The van der Waals surface area contributed by atoms with Crippen LogP contribution in [0.2, 0.25) is 0 Å². The topological polar surface area (TPSA) is 37.3 Å². The van der Waals surface area contributed by atoms with E-state index in [0.29, 0.717) is 17.8 Å². The van der Waals surface area contributed by atoms with Crippen LogP contribution < -0.4 is 0 Å². The second kappa shape index (κ2) is 5.18. The average molecular weight is 317 g/mol. The van der Waals surface area contributed by atoms with Crippen LogP contribution in [0.5, 0.6) is 0 Å². The Morgan fingerprint density at radius 3 is 2.74 bits per heavy atom. The van der Waals surface area contributed by atoms with Gasteiger partial charge in [0.1, 0.15) is 5.78 Å². The third-order valence-corrected chi connectivity index (χ3v) is 8.29. The molecule has 4 rings (SSSR count). The summed E-state index contributed by atoms with van der Waals surface area (Å²) in [6, 6.07) is 0. The van der Waals surface area contributed by atoms with E-state index in [-0.39, 0.29) is 22.7 Å². The first kappa shape index (κ1) is 14.7. The minimum Gasteiger partial charge on any atom is -0.393 e. The van der Waals surface area contributed by atoms with Crippen LogP contribution in [0.4, 0.5) is 0 Å². The summed E-state index contributed by atoms with van der Waals surface area (Å²) in [5, 5.41) is 10.1. The molecule has 0 heterocycles. The van der Waals surface area contributed by atoms with Crippen LogP contribution in [-0.2, 0) is 4.79 Å². The Morgan fingerprint density at radius 2 is 2.00 bits per heavy atom. The van der Waals surface area contributed by atoms with Gasteiger partial charge in [-0.1, -0.05) is 25.5 Å². The highest BCUT2D eigenvalue weighted by Gasteiger charge is 2.59. The van der Waals surface area contributed by atoms with E-state index in [9.17, 15) is 9.90 Å². The Bertz CT molecular complexity index is 599. The van der Waals surface area contributed by atoms with Crippen molar-refractivity contribution in [3.8, 4) is 0 Å². The van der Waals surface area contributed by atoms with Gasteiger partial charge in [-0.2, -0.15) is 0 Å². The van der Waals surface area contributed by atoms with E-state index in [1.165, 1.54) is 5.57 Å². The van der Waals surface area contributed by atoms with E-state index in [1.807, 2.05) is 0 Å². The van der Waals surface area contributed by atoms with Gasteiger partial charge in [-0.15, -0.1) is 0 Å². The largest absolute Gasteiger partial charge is 0.393 e. The summed E-state index contributed by atoms with van der Waals surface area (Å²) in [5.41, 5.74) is 1.59. The first-order valence-electron chi connectivity index (χ1n) is 10.1. The van der Waals surface area contributed by atoms with Gasteiger partial charge in [-0.25, -0.2) is 0 Å².